The smallest absolute Gasteiger partial charge is 0.324 e. The van der Waals surface area contributed by atoms with Crippen molar-refractivity contribution in [2.24, 2.45) is 0 Å². The number of nitro groups is 1. The van der Waals surface area contributed by atoms with Crippen LogP contribution >= 0.6 is 22.7 Å². The minimum absolute atomic E-state index is 0.0793. The fourth-order valence-corrected chi connectivity index (χ4v) is 4.51. The van der Waals surface area contributed by atoms with Crippen LogP contribution in [-0.4, -0.2) is 22.9 Å². The Kier molecular flexibility index (Phi) is 5.79. The van der Waals surface area contributed by atoms with Gasteiger partial charge in [-0.05, 0) is 25.1 Å². The number of thiophene rings is 1. The molecule has 7 nitrogen and oxygen atoms in total. The topological polar surface area (TPSA) is 85.6 Å². The standard InChI is InChI=1S/C22H17N3O4S2/c1-14-8-10-15(11-9-14)19-21(29-16-6-4-3-5-7-16)31-22(23-19)24(2)20(26)17-12-13-18(30-17)25(27)28/h3-13H,1-2H3. The third-order valence-electron chi connectivity index (χ3n) is 4.44. The number of hydrogen-bond acceptors (Lipinski definition) is 7. The summed E-state index contributed by atoms with van der Waals surface area (Å²) in [6.45, 7) is 2.00. The number of hydrogen-bond donors (Lipinski definition) is 0. The highest BCUT2D eigenvalue weighted by atomic mass is 32.1. The summed E-state index contributed by atoms with van der Waals surface area (Å²) in [6, 6.07) is 20.0. The van der Waals surface area contributed by atoms with Crippen molar-refractivity contribution in [3.63, 3.8) is 0 Å². The molecule has 2 heterocycles. The molecule has 2 aromatic carbocycles. The van der Waals surface area contributed by atoms with Crippen LogP contribution in [0.15, 0.2) is 66.7 Å². The van der Waals surface area contributed by atoms with Gasteiger partial charge in [-0.2, -0.15) is 0 Å². The first kappa shape index (κ1) is 20.7. The predicted octanol–water partition coefficient (Wildman–Crippen LogP) is 6.16. The minimum atomic E-state index is -0.508. The molecule has 31 heavy (non-hydrogen) atoms. The van der Waals surface area contributed by atoms with Gasteiger partial charge >= 0.3 is 5.00 Å². The SMILES string of the molecule is Cc1ccc(-c2nc(N(C)C(=O)c3ccc([N+](=O)[O-])s3)sc2Oc2ccccc2)cc1. The van der Waals surface area contributed by atoms with Gasteiger partial charge in [0.25, 0.3) is 5.91 Å². The van der Waals surface area contributed by atoms with Crippen LogP contribution in [0.1, 0.15) is 15.2 Å². The lowest BCUT2D eigenvalue weighted by molar-refractivity contribution is -0.380. The zero-order chi connectivity index (χ0) is 22.0. The third kappa shape index (κ3) is 4.47. The molecular formula is C22H17N3O4S2. The molecule has 0 N–H and O–H groups in total. The maximum atomic E-state index is 12.9. The van der Waals surface area contributed by atoms with Gasteiger partial charge < -0.3 is 4.74 Å². The third-order valence-corrected chi connectivity index (χ3v) is 6.47. The van der Waals surface area contributed by atoms with E-state index >= 15 is 0 Å². The van der Waals surface area contributed by atoms with Crippen LogP contribution in [0.3, 0.4) is 0 Å². The van der Waals surface area contributed by atoms with E-state index in [0.29, 0.717) is 21.6 Å². The van der Waals surface area contributed by atoms with E-state index in [1.165, 1.54) is 28.4 Å². The van der Waals surface area contributed by atoms with Crippen molar-refractivity contribution in [1.82, 2.24) is 4.98 Å². The first-order valence-electron chi connectivity index (χ1n) is 9.25. The van der Waals surface area contributed by atoms with Gasteiger partial charge in [0, 0.05) is 18.7 Å². The summed E-state index contributed by atoms with van der Waals surface area (Å²) in [6.07, 6.45) is 0. The number of carbonyl (C=O) groups is 1. The molecule has 2 aromatic heterocycles. The molecule has 1 amide bonds. The number of rotatable bonds is 6. The summed E-state index contributed by atoms with van der Waals surface area (Å²) in [4.78, 5) is 29.6. The van der Waals surface area contributed by atoms with Gasteiger partial charge in [0.1, 0.15) is 11.4 Å². The Morgan fingerprint density at radius 1 is 1.03 bits per heavy atom. The van der Waals surface area contributed by atoms with Crippen LogP contribution in [0.4, 0.5) is 10.1 Å². The van der Waals surface area contributed by atoms with Gasteiger partial charge in [-0.25, -0.2) is 4.98 Å². The van der Waals surface area contributed by atoms with Crippen LogP contribution < -0.4 is 9.64 Å². The summed E-state index contributed by atoms with van der Waals surface area (Å²) in [5.74, 6) is 0.294. The Hall–Kier alpha value is -3.56. The van der Waals surface area contributed by atoms with Crippen molar-refractivity contribution >= 4 is 38.7 Å². The Morgan fingerprint density at radius 3 is 2.39 bits per heavy atom. The molecule has 0 radical (unpaired) electrons. The first-order chi connectivity index (χ1) is 14.9. The molecule has 0 spiro atoms. The molecule has 4 rings (SSSR count). The molecule has 0 atom stereocenters. The maximum Gasteiger partial charge on any atom is 0.324 e. The molecular weight excluding hydrogens is 434 g/mol. The summed E-state index contributed by atoms with van der Waals surface area (Å²) in [5.41, 5.74) is 2.61. The summed E-state index contributed by atoms with van der Waals surface area (Å²) < 4.78 is 6.08. The van der Waals surface area contributed by atoms with E-state index in [4.69, 9.17) is 4.74 Å². The summed E-state index contributed by atoms with van der Waals surface area (Å²) in [5, 5.41) is 11.9. The van der Waals surface area contributed by atoms with Crippen LogP contribution in [0.25, 0.3) is 11.3 Å². The fraction of sp³-hybridized carbons (Fsp3) is 0.0909. The number of carbonyl (C=O) groups excluding carboxylic acids is 1. The second kappa shape index (κ2) is 8.66. The lowest BCUT2D eigenvalue weighted by Crippen LogP contribution is -2.25. The monoisotopic (exact) mass is 451 g/mol. The number of anilines is 1. The zero-order valence-corrected chi connectivity index (χ0v) is 18.3. The lowest BCUT2D eigenvalue weighted by atomic mass is 10.1. The summed E-state index contributed by atoms with van der Waals surface area (Å²) >= 11 is 2.08. The zero-order valence-electron chi connectivity index (χ0n) is 16.6. The van der Waals surface area contributed by atoms with Crippen LogP contribution in [-0.2, 0) is 0 Å². The first-order valence-corrected chi connectivity index (χ1v) is 10.9. The average Bonchev–Trinajstić information content (AvgIpc) is 3.42. The van der Waals surface area contributed by atoms with E-state index in [1.807, 2.05) is 61.5 Å². The largest absolute Gasteiger partial charge is 0.444 e. The van der Waals surface area contributed by atoms with Crippen molar-refractivity contribution in [3.8, 4) is 22.1 Å². The maximum absolute atomic E-state index is 12.9. The molecule has 156 valence electrons. The molecule has 4 aromatic rings. The molecule has 0 saturated carbocycles. The number of nitrogens with zero attached hydrogens (tertiary/aromatic N) is 3. The minimum Gasteiger partial charge on any atom is -0.444 e. The van der Waals surface area contributed by atoms with Crippen molar-refractivity contribution in [2.75, 3.05) is 11.9 Å². The Labute approximate surface area is 186 Å². The molecule has 0 aliphatic heterocycles. The van der Waals surface area contributed by atoms with E-state index in [2.05, 4.69) is 4.98 Å². The summed E-state index contributed by atoms with van der Waals surface area (Å²) in [7, 11) is 1.60. The number of thiazole rings is 1. The highest BCUT2D eigenvalue weighted by Crippen LogP contribution is 2.42. The second-order valence-corrected chi connectivity index (χ2v) is 8.68. The van der Waals surface area contributed by atoms with Crippen LogP contribution in [0.2, 0.25) is 0 Å². The Morgan fingerprint density at radius 2 is 1.74 bits per heavy atom. The lowest BCUT2D eigenvalue weighted by Gasteiger charge is -2.11. The number of aryl methyl sites for hydroxylation is 1. The molecule has 0 unspecified atom stereocenters. The highest BCUT2D eigenvalue weighted by molar-refractivity contribution is 7.19. The number of para-hydroxylation sites is 1. The number of amides is 1. The quantitative estimate of drug-likeness (QED) is 0.259. The molecule has 0 aliphatic carbocycles. The van der Waals surface area contributed by atoms with E-state index in [-0.39, 0.29) is 15.8 Å². The van der Waals surface area contributed by atoms with Gasteiger partial charge in [-0.3, -0.25) is 19.8 Å². The number of aromatic nitrogens is 1. The second-order valence-electron chi connectivity index (χ2n) is 6.67. The van der Waals surface area contributed by atoms with E-state index in [1.54, 1.807) is 7.05 Å². The molecule has 0 bridgehead atoms. The Bertz CT molecular complexity index is 1230. The van der Waals surface area contributed by atoms with E-state index in [9.17, 15) is 14.9 Å². The Balaban J connectivity index is 1.70. The van der Waals surface area contributed by atoms with Crippen molar-refractivity contribution < 1.29 is 14.5 Å². The molecule has 0 saturated heterocycles. The van der Waals surface area contributed by atoms with Gasteiger partial charge in [-0.1, -0.05) is 70.7 Å². The highest BCUT2D eigenvalue weighted by Gasteiger charge is 2.24. The van der Waals surface area contributed by atoms with Gasteiger partial charge in [0.15, 0.2) is 5.13 Å². The van der Waals surface area contributed by atoms with Crippen molar-refractivity contribution in [1.29, 1.82) is 0 Å². The van der Waals surface area contributed by atoms with Gasteiger partial charge in [-0.15, -0.1) is 0 Å². The van der Waals surface area contributed by atoms with Gasteiger partial charge in [0.05, 0.1) is 9.80 Å². The predicted molar refractivity (Wildman–Crippen MR) is 123 cm³/mol. The van der Waals surface area contributed by atoms with Crippen LogP contribution in [0.5, 0.6) is 10.8 Å². The van der Waals surface area contributed by atoms with Gasteiger partial charge in [0.2, 0.25) is 5.06 Å². The number of benzene rings is 2. The normalized spacial score (nSPS) is 10.6. The molecule has 0 fully saturated rings. The number of ether oxygens (including phenoxy) is 1. The van der Waals surface area contributed by atoms with Crippen LogP contribution in [0, 0.1) is 17.0 Å². The van der Waals surface area contributed by atoms with E-state index < -0.39 is 4.92 Å². The van der Waals surface area contributed by atoms with Crippen molar-refractivity contribution in [2.45, 2.75) is 6.92 Å². The van der Waals surface area contributed by atoms with E-state index in [0.717, 1.165) is 22.5 Å². The fourth-order valence-electron chi connectivity index (χ4n) is 2.79. The average molecular weight is 452 g/mol. The molecule has 0 aliphatic rings. The molecule has 9 heteroatoms. The van der Waals surface area contributed by atoms with Crippen molar-refractivity contribution in [3.05, 3.63) is 87.3 Å².